The van der Waals surface area contributed by atoms with E-state index < -0.39 is 23.3 Å². The van der Waals surface area contributed by atoms with Crippen LogP contribution in [0, 0.1) is 12.7 Å². The minimum atomic E-state index is -1.15. The molecule has 3 fully saturated rings. The van der Waals surface area contributed by atoms with Crippen LogP contribution >= 0.6 is 0 Å². The monoisotopic (exact) mass is 366 g/mol. The molecule has 3 aliphatic rings. The van der Waals surface area contributed by atoms with E-state index in [0.29, 0.717) is 43.4 Å². The predicted molar refractivity (Wildman–Crippen MR) is 90.5 cm³/mol. The molecule has 4 rings (SSSR count). The van der Waals surface area contributed by atoms with E-state index in [1.54, 1.807) is 6.92 Å². The molecule has 142 valence electrons. The molecule has 7 nitrogen and oxygen atoms in total. The maximum Gasteiger partial charge on any atom is 0.405 e. The van der Waals surface area contributed by atoms with Gasteiger partial charge in [0.1, 0.15) is 11.6 Å². The van der Waals surface area contributed by atoms with E-state index in [1.165, 1.54) is 18.2 Å². The molecule has 0 unspecified atom stereocenters. The number of ether oxygens (including phenoxy) is 1. The van der Waals surface area contributed by atoms with Gasteiger partial charge in [-0.3, -0.25) is 4.79 Å². The number of amides is 2. The third-order valence-corrected chi connectivity index (χ3v) is 5.58. The Morgan fingerprint density at radius 3 is 2.54 bits per heavy atom. The Labute approximate surface area is 150 Å². The fourth-order valence-electron chi connectivity index (χ4n) is 4.12. The normalized spacial score (nSPS) is 29.9. The summed E-state index contributed by atoms with van der Waals surface area (Å²) in [6, 6.07) is 4.08. The summed E-state index contributed by atoms with van der Waals surface area (Å²) >= 11 is 0. The second-order valence-corrected chi connectivity index (χ2v) is 7.33. The second-order valence-electron chi connectivity index (χ2n) is 7.33. The van der Waals surface area contributed by atoms with Crippen molar-refractivity contribution in [1.82, 2.24) is 10.6 Å². The number of carboxylic acid groups (broad SMARTS) is 1. The minimum absolute atomic E-state index is 0.206. The Balaban J connectivity index is 1.58. The van der Waals surface area contributed by atoms with Gasteiger partial charge in [-0.05, 0) is 62.8 Å². The average molecular weight is 366 g/mol. The van der Waals surface area contributed by atoms with Crippen LogP contribution in [0.5, 0.6) is 5.75 Å². The van der Waals surface area contributed by atoms with Gasteiger partial charge in [0.15, 0.2) is 6.61 Å². The highest BCUT2D eigenvalue weighted by Crippen LogP contribution is 2.47. The smallest absolute Gasteiger partial charge is 0.405 e. The lowest BCUT2D eigenvalue weighted by Gasteiger charge is -2.55. The van der Waals surface area contributed by atoms with Crippen molar-refractivity contribution in [1.29, 1.82) is 0 Å². The predicted octanol–water partition coefficient (Wildman–Crippen LogP) is 1.71. The Kier molecular flexibility index (Phi) is 4.79. The number of rotatable bonds is 5. The van der Waals surface area contributed by atoms with E-state index in [-0.39, 0.29) is 18.3 Å². The Bertz CT molecular complexity index is 716. The SMILES string of the molecule is Cc1cc(F)ccc1OCC(=O)NC12CCC(NC(=O)O)(CC1)[C@@H](O)C2. The zero-order valence-electron chi connectivity index (χ0n) is 14.5. The molecule has 1 aromatic carbocycles. The number of aliphatic hydroxyl groups excluding tert-OH is 1. The molecule has 0 aliphatic heterocycles. The van der Waals surface area contributed by atoms with Crippen LogP contribution in [0.3, 0.4) is 0 Å². The summed E-state index contributed by atoms with van der Waals surface area (Å²) < 4.78 is 18.6. The van der Waals surface area contributed by atoms with E-state index in [9.17, 15) is 19.1 Å². The van der Waals surface area contributed by atoms with Gasteiger partial charge >= 0.3 is 6.09 Å². The fourth-order valence-corrected chi connectivity index (χ4v) is 4.12. The van der Waals surface area contributed by atoms with Gasteiger partial charge in [0.05, 0.1) is 11.6 Å². The highest BCUT2D eigenvalue weighted by molar-refractivity contribution is 5.78. The number of carbonyl (C=O) groups excluding carboxylic acids is 1. The van der Waals surface area contributed by atoms with Crippen LogP contribution in [0.25, 0.3) is 0 Å². The van der Waals surface area contributed by atoms with Gasteiger partial charge < -0.3 is 25.6 Å². The van der Waals surface area contributed by atoms with Crippen LogP contribution in [-0.4, -0.2) is 46.0 Å². The van der Waals surface area contributed by atoms with Crippen LogP contribution in [-0.2, 0) is 4.79 Å². The van der Waals surface area contributed by atoms with E-state index in [0.717, 1.165) is 0 Å². The number of halogens is 1. The van der Waals surface area contributed by atoms with Gasteiger partial charge in [0.25, 0.3) is 5.91 Å². The maximum absolute atomic E-state index is 13.1. The number of fused-ring (bicyclic) bond motifs is 3. The van der Waals surface area contributed by atoms with Crippen LogP contribution in [0.2, 0.25) is 0 Å². The van der Waals surface area contributed by atoms with Crippen LogP contribution in [0.15, 0.2) is 18.2 Å². The molecule has 3 aliphatic carbocycles. The van der Waals surface area contributed by atoms with E-state index in [4.69, 9.17) is 9.84 Å². The van der Waals surface area contributed by atoms with Gasteiger partial charge in [0, 0.05) is 5.54 Å². The number of benzene rings is 1. The topological polar surface area (TPSA) is 108 Å². The first-order valence-electron chi connectivity index (χ1n) is 8.63. The zero-order valence-corrected chi connectivity index (χ0v) is 14.5. The Morgan fingerprint density at radius 1 is 1.27 bits per heavy atom. The molecule has 0 heterocycles. The molecule has 1 atom stereocenters. The second kappa shape index (κ2) is 6.75. The number of aryl methyl sites for hydroxylation is 1. The van der Waals surface area contributed by atoms with Crippen molar-refractivity contribution in [3.8, 4) is 5.75 Å². The first-order chi connectivity index (χ1) is 12.2. The molecular formula is C18H23FN2O5. The number of carbonyl (C=O) groups is 2. The third kappa shape index (κ3) is 3.60. The summed E-state index contributed by atoms with van der Waals surface area (Å²) in [5.74, 6) is -0.243. The Hall–Kier alpha value is -2.35. The van der Waals surface area contributed by atoms with Crippen molar-refractivity contribution in [3.63, 3.8) is 0 Å². The molecule has 1 aromatic rings. The van der Waals surface area contributed by atoms with E-state index in [2.05, 4.69) is 10.6 Å². The number of aliphatic hydroxyl groups is 1. The lowest BCUT2D eigenvalue weighted by molar-refractivity contribution is -0.129. The quantitative estimate of drug-likeness (QED) is 0.635. The molecule has 0 saturated heterocycles. The van der Waals surface area contributed by atoms with Gasteiger partial charge in [-0.1, -0.05) is 0 Å². The summed E-state index contributed by atoms with van der Waals surface area (Å²) in [4.78, 5) is 23.3. The number of hydrogen-bond donors (Lipinski definition) is 4. The van der Waals surface area contributed by atoms with Crippen molar-refractivity contribution in [2.45, 2.75) is 56.2 Å². The van der Waals surface area contributed by atoms with Crippen LogP contribution < -0.4 is 15.4 Å². The lowest BCUT2D eigenvalue weighted by atomic mass is 9.60. The van der Waals surface area contributed by atoms with Gasteiger partial charge in [-0.25, -0.2) is 9.18 Å². The Morgan fingerprint density at radius 2 is 1.96 bits per heavy atom. The molecule has 2 amide bonds. The number of hydrogen-bond acceptors (Lipinski definition) is 4. The minimum Gasteiger partial charge on any atom is -0.484 e. The van der Waals surface area contributed by atoms with Crippen molar-refractivity contribution in [2.24, 2.45) is 0 Å². The van der Waals surface area contributed by atoms with Gasteiger partial charge in [0.2, 0.25) is 0 Å². The zero-order chi connectivity index (χ0) is 18.9. The number of nitrogens with one attached hydrogen (secondary N) is 2. The molecule has 2 bridgehead atoms. The molecule has 0 aromatic heterocycles. The maximum atomic E-state index is 13.1. The summed E-state index contributed by atoms with van der Waals surface area (Å²) in [6.07, 6.45) is 0.427. The van der Waals surface area contributed by atoms with E-state index in [1.807, 2.05) is 0 Å². The summed E-state index contributed by atoms with van der Waals surface area (Å²) in [6.45, 7) is 1.49. The summed E-state index contributed by atoms with van der Waals surface area (Å²) in [5.41, 5.74) is -0.758. The van der Waals surface area contributed by atoms with E-state index >= 15 is 0 Å². The summed E-state index contributed by atoms with van der Waals surface area (Å²) in [5, 5.41) is 24.8. The summed E-state index contributed by atoms with van der Waals surface area (Å²) in [7, 11) is 0. The highest BCUT2D eigenvalue weighted by atomic mass is 19.1. The van der Waals surface area contributed by atoms with Crippen molar-refractivity contribution < 1.29 is 28.9 Å². The fraction of sp³-hybridized carbons (Fsp3) is 0.556. The van der Waals surface area contributed by atoms with Crippen LogP contribution in [0.4, 0.5) is 9.18 Å². The third-order valence-electron chi connectivity index (χ3n) is 5.58. The van der Waals surface area contributed by atoms with Gasteiger partial charge in [-0.15, -0.1) is 0 Å². The molecule has 3 saturated carbocycles. The molecule has 0 radical (unpaired) electrons. The lowest BCUT2D eigenvalue weighted by Crippen LogP contribution is -2.70. The largest absolute Gasteiger partial charge is 0.484 e. The first-order valence-corrected chi connectivity index (χ1v) is 8.63. The highest BCUT2D eigenvalue weighted by Gasteiger charge is 2.55. The first kappa shape index (κ1) is 18.4. The van der Waals surface area contributed by atoms with Crippen molar-refractivity contribution >= 4 is 12.0 Å². The molecule has 26 heavy (non-hydrogen) atoms. The van der Waals surface area contributed by atoms with Gasteiger partial charge in [-0.2, -0.15) is 0 Å². The molecule has 8 heteroatoms. The average Bonchev–Trinajstić information content (AvgIpc) is 2.55. The van der Waals surface area contributed by atoms with Crippen molar-refractivity contribution in [2.75, 3.05) is 6.61 Å². The molecule has 4 N–H and O–H groups in total. The molecular weight excluding hydrogens is 343 g/mol. The standard InChI is InChI=1S/C18H23FN2O5/c1-11-8-12(19)2-3-13(11)26-10-15(23)20-17-4-6-18(7-5-17,14(22)9-17)21-16(24)25/h2-3,8,14,21-22H,4-7,9-10H2,1H3,(H,20,23)(H,24,25)/t14-,17?,18?/m0/s1. The van der Waals surface area contributed by atoms with Crippen molar-refractivity contribution in [3.05, 3.63) is 29.6 Å². The van der Waals surface area contributed by atoms with Crippen LogP contribution in [0.1, 0.15) is 37.7 Å². The molecule has 0 spiro atoms.